The largest absolute Gasteiger partial charge is 0.497 e. The Bertz CT molecular complexity index is 3970. The molecule has 2 saturated heterocycles. The summed E-state index contributed by atoms with van der Waals surface area (Å²) in [5.74, 6) is 0.745. The quantitative estimate of drug-likeness (QED) is 0.0284. The minimum atomic E-state index is -1.26. The number of hydrogen-bond acceptors (Lipinski definition) is 15. The van der Waals surface area contributed by atoms with Gasteiger partial charge in [0.1, 0.15) is 60.2 Å². The minimum Gasteiger partial charge on any atom is -0.497 e. The third kappa shape index (κ3) is 17.7. The molecule has 0 aliphatic carbocycles. The molecule has 0 bridgehead atoms. The summed E-state index contributed by atoms with van der Waals surface area (Å²) in [6.45, 7) is 1.09. The van der Waals surface area contributed by atoms with Crippen LogP contribution in [0.4, 0.5) is 0 Å². The van der Waals surface area contributed by atoms with Gasteiger partial charge in [-0.2, -0.15) is 0 Å². The van der Waals surface area contributed by atoms with Crippen LogP contribution in [0.1, 0.15) is 66.8 Å². The number of carbonyl (C=O) groups is 1. The molecule has 12 rings (SSSR count). The van der Waals surface area contributed by atoms with Gasteiger partial charge in [0.2, 0.25) is 5.75 Å². The molecular formula is C85H86O15. The molecule has 2 fully saturated rings. The average Bonchev–Trinajstić information content (AvgIpc) is 0.759. The van der Waals surface area contributed by atoms with Crippen molar-refractivity contribution in [3.63, 3.8) is 0 Å². The highest BCUT2D eigenvalue weighted by Crippen LogP contribution is 2.45. The van der Waals surface area contributed by atoms with E-state index in [1.807, 2.05) is 243 Å². The maximum absolute atomic E-state index is 15.7. The van der Waals surface area contributed by atoms with Gasteiger partial charge >= 0.3 is 5.97 Å². The zero-order valence-corrected chi connectivity index (χ0v) is 56.8. The van der Waals surface area contributed by atoms with Crippen molar-refractivity contribution in [1.82, 2.24) is 0 Å². The first-order valence-corrected chi connectivity index (χ1v) is 33.9. The maximum Gasteiger partial charge on any atom is 0.338 e. The van der Waals surface area contributed by atoms with E-state index in [1.54, 1.807) is 19.2 Å². The molecule has 2 heterocycles. The van der Waals surface area contributed by atoms with E-state index in [0.29, 0.717) is 18.1 Å². The zero-order valence-electron chi connectivity index (χ0n) is 56.8. The van der Waals surface area contributed by atoms with E-state index >= 15 is 4.79 Å². The number of hydrogen-bond donors (Lipinski definition) is 0. The minimum absolute atomic E-state index is 0.0204. The second-order valence-corrected chi connectivity index (χ2v) is 24.7. The predicted molar refractivity (Wildman–Crippen MR) is 380 cm³/mol. The highest BCUT2D eigenvalue weighted by Gasteiger charge is 2.55. The molecule has 0 aromatic heterocycles. The fourth-order valence-electron chi connectivity index (χ4n) is 13.2. The molecular weight excluding hydrogens is 1260 g/mol. The number of esters is 1. The van der Waals surface area contributed by atoms with Crippen LogP contribution in [0.5, 0.6) is 23.0 Å². The summed E-state index contributed by atoms with van der Waals surface area (Å²) >= 11 is 0. The van der Waals surface area contributed by atoms with E-state index in [2.05, 4.69) is 24.3 Å². The maximum atomic E-state index is 15.7. The molecule has 516 valence electrons. The van der Waals surface area contributed by atoms with Gasteiger partial charge in [-0.05, 0) is 74.3 Å². The van der Waals surface area contributed by atoms with Crippen LogP contribution < -0.4 is 18.9 Å². The number of benzene rings is 10. The summed E-state index contributed by atoms with van der Waals surface area (Å²) in [7, 11) is 6.15. The number of methoxy groups -OCH3 is 4. The fraction of sp³-hybridized carbons (Fsp3) is 0.282. The van der Waals surface area contributed by atoms with Crippen molar-refractivity contribution >= 4 is 5.97 Å². The summed E-state index contributed by atoms with van der Waals surface area (Å²) in [6.07, 6.45) is -9.52. The molecule has 0 saturated carbocycles. The lowest BCUT2D eigenvalue weighted by molar-refractivity contribution is -0.294. The van der Waals surface area contributed by atoms with Gasteiger partial charge in [0.15, 0.2) is 17.6 Å². The highest BCUT2D eigenvalue weighted by molar-refractivity contribution is 5.91. The van der Waals surface area contributed by atoms with E-state index in [4.69, 9.17) is 66.3 Å². The van der Waals surface area contributed by atoms with Crippen molar-refractivity contribution in [2.75, 3.05) is 41.7 Å². The third-order valence-electron chi connectivity index (χ3n) is 18.2. The number of rotatable bonds is 33. The topological polar surface area (TPSA) is 146 Å². The van der Waals surface area contributed by atoms with Gasteiger partial charge in [-0.3, -0.25) is 0 Å². The van der Waals surface area contributed by atoms with Crippen LogP contribution in [0, 0.1) is 0 Å². The molecule has 15 heteroatoms. The second kappa shape index (κ2) is 35.5. The lowest BCUT2D eigenvalue weighted by atomic mass is 9.80. The van der Waals surface area contributed by atoms with Crippen molar-refractivity contribution in [3.05, 3.63) is 335 Å². The fourth-order valence-corrected chi connectivity index (χ4v) is 13.2. The van der Waals surface area contributed by atoms with Crippen LogP contribution in [0.15, 0.2) is 279 Å². The highest BCUT2D eigenvalue weighted by atomic mass is 16.6. The van der Waals surface area contributed by atoms with E-state index in [1.165, 1.54) is 21.3 Å². The Morgan fingerprint density at radius 2 is 0.670 bits per heavy atom. The summed E-state index contributed by atoms with van der Waals surface area (Å²) in [5.41, 5.74) is 6.95. The van der Waals surface area contributed by atoms with Crippen LogP contribution in [0.25, 0.3) is 0 Å². The average molecular weight is 1350 g/mol. The lowest BCUT2D eigenvalue weighted by Gasteiger charge is -2.50. The molecule has 2 aliphatic heterocycles. The van der Waals surface area contributed by atoms with Crippen molar-refractivity contribution in [3.8, 4) is 23.0 Å². The van der Waals surface area contributed by atoms with Crippen LogP contribution >= 0.6 is 0 Å². The Labute approximate surface area is 586 Å². The van der Waals surface area contributed by atoms with E-state index in [0.717, 1.165) is 50.1 Å². The van der Waals surface area contributed by atoms with Gasteiger partial charge < -0.3 is 66.3 Å². The number of ether oxygens (including phenoxy) is 14. The van der Waals surface area contributed by atoms with Gasteiger partial charge in [-0.1, -0.05) is 255 Å². The molecule has 15 nitrogen and oxygen atoms in total. The van der Waals surface area contributed by atoms with Crippen molar-refractivity contribution in [1.29, 1.82) is 0 Å². The summed E-state index contributed by atoms with van der Waals surface area (Å²) < 4.78 is 96.8. The van der Waals surface area contributed by atoms with Gasteiger partial charge in [-0.25, -0.2) is 4.79 Å². The molecule has 10 aromatic carbocycles. The molecule has 0 unspecified atom stereocenters. The Morgan fingerprint density at radius 1 is 0.340 bits per heavy atom. The summed E-state index contributed by atoms with van der Waals surface area (Å²) in [6, 6.07) is 91.2. The second-order valence-electron chi connectivity index (χ2n) is 24.7. The molecule has 10 aromatic rings. The van der Waals surface area contributed by atoms with Crippen LogP contribution in [0.3, 0.4) is 0 Å². The summed E-state index contributed by atoms with van der Waals surface area (Å²) in [5, 5.41) is 0. The molecule has 2 aliphatic rings. The third-order valence-corrected chi connectivity index (χ3v) is 18.2. The zero-order chi connectivity index (χ0) is 68.7. The van der Waals surface area contributed by atoms with E-state index in [-0.39, 0.29) is 69.7 Å². The van der Waals surface area contributed by atoms with Crippen LogP contribution in [-0.2, 0) is 92.6 Å². The SMILES string of the molecule is COc1ccc(C(OC[C@H]2O[C@@H](C[C@@H]3O[C@H](COCc4ccccc4)[C@@H](OCc4ccccc4)[C@H](OCc4ccccc4)[C@H]3OCc3ccccc3)[C@@H](OC(=O)c3cc(OC)c(OC)c(OC)c3)[C@@H](OCc3ccccc3)[C@@H]2OCc2ccccc2)(c2ccccc2)c2ccccc2)cc1. The number of carbonyl (C=O) groups excluding carboxylic acids is 1. The Hall–Kier alpha value is -9.49. The standard InChI is InChI=1S/C85H86O15/c1-87-70-47-45-69(46-48-70)85(67-41-25-11-26-42-67,68-43-27-12-28-44-68)97-59-76-80(94-55-63-35-19-8-20-36-63)83(96-57-65-39-23-10-24-40-65)81(100-84(86)66-49-71(88-2)77(90-4)72(50-66)89-3)74(99-76)51-73-78(92-53-61-31-15-6-16-32-61)82(95-56-64-37-21-9-22-38-64)79(93-54-62-33-17-7-18-34-62)75(98-73)58-91-52-60-29-13-5-14-30-60/h5-50,73-76,78-83H,51-59H2,1-4H3/t73-,74-,75+,76+,78-,79+,80+,81+,82+,83-/m0/s1. The van der Waals surface area contributed by atoms with E-state index in [9.17, 15) is 0 Å². The molecule has 0 spiro atoms. The molecule has 0 amide bonds. The Balaban J connectivity index is 1.03. The predicted octanol–water partition coefficient (Wildman–Crippen LogP) is 15.3. The van der Waals surface area contributed by atoms with Crippen molar-refractivity contribution in [2.45, 2.75) is 113 Å². The smallest absolute Gasteiger partial charge is 0.338 e. The van der Waals surface area contributed by atoms with E-state index < -0.39 is 72.6 Å². The van der Waals surface area contributed by atoms with Gasteiger partial charge in [0.05, 0.1) is 93.0 Å². The molecule has 0 radical (unpaired) electrons. The summed E-state index contributed by atoms with van der Waals surface area (Å²) in [4.78, 5) is 15.7. The van der Waals surface area contributed by atoms with Gasteiger partial charge in [-0.15, -0.1) is 0 Å². The first kappa shape index (κ1) is 70.4. The van der Waals surface area contributed by atoms with Crippen molar-refractivity contribution < 1.29 is 71.1 Å². The Kier molecular flexibility index (Phi) is 25.0. The first-order valence-electron chi connectivity index (χ1n) is 33.9. The monoisotopic (exact) mass is 1350 g/mol. The lowest BCUT2D eigenvalue weighted by Crippen LogP contribution is -2.65. The molecule has 100 heavy (non-hydrogen) atoms. The Morgan fingerprint density at radius 3 is 1.05 bits per heavy atom. The van der Waals surface area contributed by atoms with Gasteiger partial charge in [0.25, 0.3) is 0 Å². The first-order chi connectivity index (χ1) is 49.3. The molecule has 10 atom stereocenters. The van der Waals surface area contributed by atoms with Crippen LogP contribution in [0.2, 0.25) is 0 Å². The van der Waals surface area contributed by atoms with Gasteiger partial charge in [0, 0.05) is 6.42 Å². The van der Waals surface area contributed by atoms with Crippen LogP contribution in [-0.4, -0.2) is 109 Å². The molecule has 0 N–H and O–H groups in total. The normalized spacial score (nSPS) is 20.6. The van der Waals surface area contributed by atoms with Crippen molar-refractivity contribution in [2.24, 2.45) is 0 Å².